The van der Waals surface area contributed by atoms with Gasteiger partial charge in [-0.05, 0) is 37.1 Å². The van der Waals surface area contributed by atoms with Crippen molar-refractivity contribution < 1.29 is 9.59 Å². The summed E-state index contributed by atoms with van der Waals surface area (Å²) in [6.07, 6.45) is 7.96. The summed E-state index contributed by atoms with van der Waals surface area (Å²) in [5.74, 6) is 2.67. The highest BCUT2D eigenvalue weighted by Gasteiger charge is 2.35. The molecule has 2 fully saturated rings. The molecule has 2 amide bonds. The van der Waals surface area contributed by atoms with Crippen LogP contribution in [0.2, 0.25) is 0 Å². The molecule has 1 aliphatic heterocycles. The highest BCUT2D eigenvalue weighted by Crippen LogP contribution is 2.42. The number of hydrogen-bond donors (Lipinski definition) is 1. The van der Waals surface area contributed by atoms with Gasteiger partial charge in [0, 0.05) is 46.1 Å². The molecule has 5 heteroatoms. The van der Waals surface area contributed by atoms with Gasteiger partial charge in [0.2, 0.25) is 11.8 Å². The Morgan fingerprint density at radius 1 is 1.09 bits per heavy atom. The third-order valence-electron chi connectivity index (χ3n) is 5.42. The first-order valence-corrected chi connectivity index (χ1v) is 8.56. The van der Waals surface area contributed by atoms with E-state index < -0.39 is 0 Å². The maximum atomic E-state index is 12.2. The van der Waals surface area contributed by atoms with Gasteiger partial charge in [0.25, 0.3) is 0 Å². The quantitative estimate of drug-likeness (QED) is 0.606. The smallest absolute Gasteiger partial charge is 0.223 e. The van der Waals surface area contributed by atoms with E-state index in [1.54, 1.807) is 6.92 Å². The van der Waals surface area contributed by atoms with E-state index in [9.17, 15) is 9.59 Å². The number of allylic oxidation sites excluding steroid dienone is 2. The molecule has 2 bridgehead atoms. The van der Waals surface area contributed by atoms with Crippen LogP contribution in [0.5, 0.6) is 0 Å². The zero-order valence-corrected chi connectivity index (χ0v) is 13.5. The third kappa shape index (κ3) is 3.51. The number of carbonyl (C=O) groups excluding carboxylic acids is 2. The molecule has 3 atom stereocenters. The van der Waals surface area contributed by atoms with Gasteiger partial charge in [-0.3, -0.25) is 9.59 Å². The van der Waals surface area contributed by atoms with Gasteiger partial charge in [-0.2, -0.15) is 0 Å². The Morgan fingerprint density at radius 2 is 1.82 bits per heavy atom. The molecule has 122 valence electrons. The minimum Gasteiger partial charge on any atom is -0.339 e. The Morgan fingerprint density at radius 3 is 2.41 bits per heavy atom. The Hall–Kier alpha value is -1.36. The van der Waals surface area contributed by atoms with Crippen LogP contribution in [0.3, 0.4) is 0 Å². The van der Waals surface area contributed by atoms with E-state index in [0.717, 1.165) is 30.8 Å². The minimum atomic E-state index is 0.105. The SMILES string of the molecule is CC(=O)N1CCN(C(=O)CCNCC2CC3C=CC2C3)CC1. The van der Waals surface area contributed by atoms with E-state index >= 15 is 0 Å². The molecule has 1 saturated heterocycles. The van der Waals surface area contributed by atoms with E-state index in [0.29, 0.717) is 32.6 Å². The van der Waals surface area contributed by atoms with Crippen molar-refractivity contribution >= 4 is 11.8 Å². The van der Waals surface area contributed by atoms with Crippen molar-refractivity contribution in [2.45, 2.75) is 26.2 Å². The summed E-state index contributed by atoms with van der Waals surface area (Å²) in [6.45, 7) is 6.09. The molecule has 3 rings (SSSR count). The van der Waals surface area contributed by atoms with Crippen LogP contribution in [0.1, 0.15) is 26.2 Å². The fourth-order valence-corrected chi connectivity index (χ4v) is 4.04. The van der Waals surface area contributed by atoms with Crippen LogP contribution in [0.25, 0.3) is 0 Å². The number of carbonyl (C=O) groups is 2. The van der Waals surface area contributed by atoms with Crippen LogP contribution < -0.4 is 5.32 Å². The Bertz CT molecular complexity index is 455. The summed E-state index contributed by atoms with van der Waals surface area (Å²) < 4.78 is 0. The van der Waals surface area contributed by atoms with Crippen molar-refractivity contribution in [3.63, 3.8) is 0 Å². The molecule has 3 unspecified atom stereocenters. The molecule has 2 aliphatic carbocycles. The monoisotopic (exact) mass is 305 g/mol. The van der Waals surface area contributed by atoms with E-state index in [1.165, 1.54) is 12.8 Å². The third-order valence-corrected chi connectivity index (χ3v) is 5.42. The van der Waals surface area contributed by atoms with Crippen LogP contribution in [-0.2, 0) is 9.59 Å². The van der Waals surface area contributed by atoms with Crippen LogP contribution in [0.4, 0.5) is 0 Å². The molecule has 0 spiro atoms. The number of hydrogen-bond acceptors (Lipinski definition) is 3. The topological polar surface area (TPSA) is 52.7 Å². The van der Waals surface area contributed by atoms with E-state index in [1.807, 2.05) is 9.80 Å². The van der Waals surface area contributed by atoms with Crippen LogP contribution >= 0.6 is 0 Å². The van der Waals surface area contributed by atoms with Gasteiger partial charge in [-0.15, -0.1) is 0 Å². The molecule has 1 saturated carbocycles. The summed E-state index contributed by atoms with van der Waals surface area (Å²) >= 11 is 0. The minimum absolute atomic E-state index is 0.105. The van der Waals surface area contributed by atoms with Crippen molar-refractivity contribution in [1.82, 2.24) is 15.1 Å². The maximum absolute atomic E-state index is 12.2. The number of amides is 2. The summed E-state index contributed by atoms with van der Waals surface area (Å²) in [7, 11) is 0. The zero-order chi connectivity index (χ0) is 15.5. The molecule has 0 aromatic heterocycles. The number of rotatable bonds is 5. The van der Waals surface area contributed by atoms with E-state index in [2.05, 4.69) is 17.5 Å². The van der Waals surface area contributed by atoms with Crippen molar-refractivity contribution in [2.24, 2.45) is 17.8 Å². The fraction of sp³-hybridized carbons (Fsp3) is 0.765. The average molecular weight is 305 g/mol. The lowest BCUT2D eigenvalue weighted by molar-refractivity contribution is -0.138. The van der Waals surface area contributed by atoms with Crippen LogP contribution in [-0.4, -0.2) is 60.9 Å². The number of fused-ring (bicyclic) bond motifs is 2. The molecule has 5 nitrogen and oxygen atoms in total. The molecular formula is C17H27N3O2. The summed E-state index contributed by atoms with van der Waals surface area (Å²) in [5.41, 5.74) is 0. The molecule has 1 heterocycles. The maximum Gasteiger partial charge on any atom is 0.223 e. The Kier molecular flexibility index (Phi) is 4.81. The molecule has 3 aliphatic rings. The summed E-state index contributed by atoms with van der Waals surface area (Å²) in [6, 6.07) is 0. The van der Waals surface area contributed by atoms with E-state index in [4.69, 9.17) is 0 Å². The standard InChI is InChI=1S/C17H27N3O2/c1-13(21)19-6-8-20(9-7-19)17(22)4-5-18-12-16-11-14-2-3-15(16)10-14/h2-3,14-16,18H,4-12H2,1H3. The second kappa shape index (κ2) is 6.82. The van der Waals surface area contributed by atoms with Gasteiger partial charge in [-0.25, -0.2) is 0 Å². The van der Waals surface area contributed by atoms with Crippen LogP contribution in [0.15, 0.2) is 12.2 Å². The number of nitrogens with zero attached hydrogens (tertiary/aromatic N) is 2. The van der Waals surface area contributed by atoms with Crippen molar-refractivity contribution in [3.8, 4) is 0 Å². The first kappa shape index (κ1) is 15.5. The molecule has 22 heavy (non-hydrogen) atoms. The average Bonchev–Trinajstić information content (AvgIpc) is 3.14. The van der Waals surface area contributed by atoms with Gasteiger partial charge >= 0.3 is 0 Å². The molecular weight excluding hydrogens is 278 g/mol. The van der Waals surface area contributed by atoms with Crippen molar-refractivity contribution in [2.75, 3.05) is 39.3 Å². The second-order valence-corrected chi connectivity index (χ2v) is 6.88. The van der Waals surface area contributed by atoms with Crippen molar-refractivity contribution in [3.05, 3.63) is 12.2 Å². The molecule has 0 aromatic carbocycles. The largest absolute Gasteiger partial charge is 0.339 e. The highest BCUT2D eigenvalue weighted by atomic mass is 16.2. The lowest BCUT2D eigenvalue weighted by Gasteiger charge is -2.34. The van der Waals surface area contributed by atoms with Gasteiger partial charge in [-0.1, -0.05) is 12.2 Å². The second-order valence-electron chi connectivity index (χ2n) is 6.88. The van der Waals surface area contributed by atoms with Gasteiger partial charge in [0.05, 0.1) is 0 Å². The number of piperazine rings is 1. The van der Waals surface area contributed by atoms with Crippen molar-refractivity contribution in [1.29, 1.82) is 0 Å². The highest BCUT2D eigenvalue weighted by molar-refractivity contribution is 5.77. The van der Waals surface area contributed by atoms with Gasteiger partial charge < -0.3 is 15.1 Å². The normalized spacial score (nSPS) is 30.1. The zero-order valence-electron chi connectivity index (χ0n) is 13.5. The predicted octanol–water partition coefficient (Wildman–Crippen LogP) is 0.869. The molecule has 0 aromatic rings. The predicted molar refractivity (Wildman–Crippen MR) is 85.2 cm³/mol. The lowest BCUT2D eigenvalue weighted by atomic mass is 9.94. The first-order chi connectivity index (χ1) is 10.6. The van der Waals surface area contributed by atoms with Gasteiger partial charge in [0.1, 0.15) is 0 Å². The molecule has 0 radical (unpaired) electrons. The number of nitrogens with one attached hydrogen (secondary N) is 1. The molecule has 1 N–H and O–H groups in total. The fourth-order valence-electron chi connectivity index (χ4n) is 4.04. The summed E-state index contributed by atoms with van der Waals surface area (Å²) in [5, 5.41) is 3.46. The van der Waals surface area contributed by atoms with E-state index in [-0.39, 0.29) is 11.8 Å². The Labute approximate surface area is 132 Å². The van der Waals surface area contributed by atoms with Gasteiger partial charge in [0.15, 0.2) is 0 Å². The van der Waals surface area contributed by atoms with Crippen LogP contribution in [0, 0.1) is 17.8 Å². The first-order valence-electron chi connectivity index (χ1n) is 8.56. The lowest BCUT2D eigenvalue weighted by Crippen LogP contribution is -2.50. The Balaban J connectivity index is 1.30. The summed E-state index contributed by atoms with van der Waals surface area (Å²) in [4.78, 5) is 27.1.